The Hall–Kier alpha value is -4.07. The zero-order chi connectivity index (χ0) is 26.9. The predicted octanol–water partition coefficient (Wildman–Crippen LogP) is 5.47. The number of amides is 3. The summed E-state index contributed by atoms with van der Waals surface area (Å²) < 4.78 is 14.3. The minimum atomic E-state index is -0.979. The molecule has 1 aliphatic carbocycles. The number of hydrogen-bond donors (Lipinski definition) is 2. The summed E-state index contributed by atoms with van der Waals surface area (Å²) in [5, 5.41) is 5.82. The molecule has 1 heterocycles. The van der Waals surface area contributed by atoms with E-state index in [1.165, 1.54) is 23.1 Å². The number of aryl methyl sites for hydroxylation is 1. The molecule has 0 bridgehead atoms. The third-order valence-electron chi connectivity index (χ3n) is 6.68. The van der Waals surface area contributed by atoms with E-state index in [0.717, 1.165) is 31.2 Å². The highest BCUT2D eigenvalue weighted by Gasteiger charge is 2.34. The normalized spacial score (nSPS) is 14.1. The molecule has 0 spiro atoms. The Morgan fingerprint density at radius 1 is 1.00 bits per heavy atom. The predicted molar refractivity (Wildman–Crippen MR) is 145 cm³/mol. The van der Waals surface area contributed by atoms with E-state index in [1.54, 1.807) is 30.5 Å². The third-order valence-corrected chi connectivity index (χ3v) is 6.68. The molecular weight excluding hydrogens is 483 g/mol. The Morgan fingerprint density at radius 3 is 2.45 bits per heavy atom. The summed E-state index contributed by atoms with van der Waals surface area (Å²) in [6.07, 6.45) is 5.83. The van der Waals surface area contributed by atoms with Crippen LogP contribution in [0.25, 0.3) is 0 Å². The summed E-state index contributed by atoms with van der Waals surface area (Å²) in [5.41, 5.74) is 1.95. The van der Waals surface area contributed by atoms with E-state index >= 15 is 0 Å². The van der Waals surface area contributed by atoms with Crippen LogP contribution in [-0.2, 0) is 14.4 Å². The van der Waals surface area contributed by atoms with Crippen LogP contribution in [0.3, 0.4) is 0 Å². The monoisotopic (exact) mass is 516 g/mol. The Morgan fingerprint density at radius 2 is 1.76 bits per heavy atom. The SMILES string of the molecule is Cc1ccc(C(C(=O)NC2CCCC2)N(C(=O)CCCC(=O)Nc2ccccn2)c2cccc(F)c2)cc1. The molecule has 3 aromatic rings. The first-order chi connectivity index (χ1) is 18.4. The first-order valence-corrected chi connectivity index (χ1v) is 13.1. The number of halogens is 1. The van der Waals surface area contributed by atoms with Crippen molar-refractivity contribution in [2.24, 2.45) is 0 Å². The van der Waals surface area contributed by atoms with Gasteiger partial charge in [-0.25, -0.2) is 9.37 Å². The van der Waals surface area contributed by atoms with Gasteiger partial charge in [-0.1, -0.05) is 54.8 Å². The molecule has 1 unspecified atom stereocenters. The van der Waals surface area contributed by atoms with Gasteiger partial charge in [-0.3, -0.25) is 19.3 Å². The number of pyridine rings is 1. The highest BCUT2D eigenvalue weighted by atomic mass is 19.1. The van der Waals surface area contributed by atoms with Crippen molar-refractivity contribution in [2.75, 3.05) is 10.2 Å². The second-order valence-electron chi connectivity index (χ2n) is 9.66. The van der Waals surface area contributed by atoms with Crippen molar-refractivity contribution in [1.29, 1.82) is 0 Å². The summed E-state index contributed by atoms with van der Waals surface area (Å²) in [6, 6.07) is 17.4. The van der Waals surface area contributed by atoms with Crippen LogP contribution in [0.2, 0.25) is 0 Å². The van der Waals surface area contributed by atoms with Crippen molar-refractivity contribution in [3.63, 3.8) is 0 Å². The maximum absolute atomic E-state index is 14.3. The van der Waals surface area contributed by atoms with Crippen LogP contribution in [0.4, 0.5) is 15.9 Å². The van der Waals surface area contributed by atoms with Gasteiger partial charge in [0.05, 0.1) is 0 Å². The van der Waals surface area contributed by atoms with Gasteiger partial charge in [0.15, 0.2) is 0 Å². The van der Waals surface area contributed by atoms with E-state index in [2.05, 4.69) is 15.6 Å². The molecule has 1 aliphatic rings. The molecule has 1 atom stereocenters. The first kappa shape index (κ1) is 27.0. The largest absolute Gasteiger partial charge is 0.351 e. The van der Waals surface area contributed by atoms with Gasteiger partial charge >= 0.3 is 0 Å². The molecule has 3 amide bonds. The van der Waals surface area contributed by atoms with E-state index in [0.29, 0.717) is 17.1 Å². The fourth-order valence-electron chi connectivity index (χ4n) is 4.74. The molecule has 1 saturated carbocycles. The lowest BCUT2D eigenvalue weighted by molar-refractivity contribution is -0.127. The Bertz CT molecular complexity index is 1240. The number of nitrogens with zero attached hydrogens (tertiary/aromatic N) is 2. The average molecular weight is 517 g/mol. The van der Waals surface area contributed by atoms with Crippen LogP contribution in [0.15, 0.2) is 72.9 Å². The highest BCUT2D eigenvalue weighted by Crippen LogP contribution is 2.31. The minimum absolute atomic E-state index is 0.00518. The summed E-state index contributed by atoms with van der Waals surface area (Å²) in [4.78, 5) is 45.2. The molecule has 0 saturated heterocycles. The zero-order valence-corrected chi connectivity index (χ0v) is 21.5. The van der Waals surface area contributed by atoms with E-state index in [-0.39, 0.29) is 43.0 Å². The summed E-state index contributed by atoms with van der Waals surface area (Å²) in [7, 11) is 0. The quantitative estimate of drug-likeness (QED) is 0.374. The first-order valence-electron chi connectivity index (χ1n) is 13.1. The van der Waals surface area contributed by atoms with Crippen molar-refractivity contribution in [3.8, 4) is 0 Å². The number of benzene rings is 2. The topological polar surface area (TPSA) is 91.4 Å². The fourth-order valence-corrected chi connectivity index (χ4v) is 4.74. The molecule has 1 aromatic heterocycles. The maximum Gasteiger partial charge on any atom is 0.248 e. The van der Waals surface area contributed by atoms with E-state index < -0.39 is 11.9 Å². The van der Waals surface area contributed by atoms with Gasteiger partial charge in [-0.15, -0.1) is 0 Å². The van der Waals surface area contributed by atoms with Gasteiger partial charge in [-0.2, -0.15) is 0 Å². The molecular formula is C30H33FN4O3. The molecule has 0 radical (unpaired) electrons. The number of anilines is 2. The fraction of sp³-hybridized carbons (Fsp3) is 0.333. The van der Waals surface area contributed by atoms with Crippen LogP contribution >= 0.6 is 0 Å². The van der Waals surface area contributed by atoms with Crippen LogP contribution < -0.4 is 15.5 Å². The smallest absolute Gasteiger partial charge is 0.248 e. The molecule has 2 N–H and O–H groups in total. The number of hydrogen-bond acceptors (Lipinski definition) is 4. The number of aromatic nitrogens is 1. The number of rotatable bonds is 10. The van der Waals surface area contributed by atoms with Gasteiger partial charge in [0.2, 0.25) is 17.7 Å². The van der Waals surface area contributed by atoms with Gasteiger partial charge in [0, 0.05) is 30.8 Å². The molecule has 7 nitrogen and oxygen atoms in total. The van der Waals surface area contributed by atoms with E-state index in [9.17, 15) is 18.8 Å². The molecule has 1 fully saturated rings. The zero-order valence-electron chi connectivity index (χ0n) is 21.5. The maximum atomic E-state index is 14.3. The number of carbonyl (C=O) groups is 3. The van der Waals surface area contributed by atoms with Crippen LogP contribution in [-0.4, -0.2) is 28.7 Å². The lowest BCUT2D eigenvalue weighted by Gasteiger charge is -2.32. The second-order valence-corrected chi connectivity index (χ2v) is 9.66. The van der Waals surface area contributed by atoms with Gasteiger partial charge < -0.3 is 10.6 Å². The Kier molecular flexibility index (Phi) is 9.19. The molecule has 8 heteroatoms. The molecule has 4 rings (SSSR count). The number of nitrogens with one attached hydrogen (secondary N) is 2. The molecule has 38 heavy (non-hydrogen) atoms. The molecule has 2 aromatic carbocycles. The molecule has 198 valence electrons. The number of carbonyl (C=O) groups excluding carboxylic acids is 3. The highest BCUT2D eigenvalue weighted by molar-refractivity contribution is 6.01. The Balaban J connectivity index is 1.57. The average Bonchev–Trinajstić information content (AvgIpc) is 3.41. The standard InChI is InChI=1S/C30H33FN4O3/c1-21-15-17-22(18-16-21)29(30(38)33-24-9-2-3-10-24)35(25-11-6-8-23(31)20-25)28(37)14-7-13-27(36)34-26-12-4-5-19-32-26/h4-6,8,11-12,15-20,24,29H,2-3,7,9-10,13-14H2,1H3,(H,33,38)(H,32,34,36). The van der Waals surface area contributed by atoms with Crippen molar-refractivity contribution >= 4 is 29.2 Å². The van der Waals surface area contributed by atoms with Crippen LogP contribution in [0, 0.1) is 12.7 Å². The Labute approximate surface area is 222 Å². The second kappa shape index (κ2) is 12.9. The summed E-state index contributed by atoms with van der Waals surface area (Å²) in [5.74, 6) is -0.996. The van der Waals surface area contributed by atoms with Crippen LogP contribution in [0.1, 0.15) is 62.1 Å². The molecule has 0 aliphatic heterocycles. The van der Waals surface area contributed by atoms with Gasteiger partial charge in [-0.05, 0) is 62.1 Å². The van der Waals surface area contributed by atoms with Crippen molar-refractivity contribution in [3.05, 3.63) is 89.9 Å². The third kappa shape index (κ3) is 7.25. The minimum Gasteiger partial charge on any atom is -0.351 e. The van der Waals surface area contributed by atoms with Crippen LogP contribution in [0.5, 0.6) is 0 Å². The van der Waals surface area contributed by atoms with Crippen molar-refractivity contribution in [1.82, 2.24) is 10.3 Å². The lowest BCUT2D eigenvalue weighted by Crippen LogP contribution is -2.46. The van der Waals surface area contributed by atoms with Gasteiger partial charge in [0.25, 0.3) is 0 Å². The lowest BCUT2D eigenvalue weighted by atomic mass is 10.00. The van der Waals surface area contributed by atoms with Gasteiger partial charge in [0.1, 0.15) is 17.7 Å². The summed E-state index contributed by atoms with van der Waals surface area (Å²) in [6.45, 7) is 1.95. The summed E-state index contributed by atoms with van der Waals surface area (Å²) >= 11 is 0. The van der Waals surface area contributed by atoms with Crippen molar-refractivity contribution in [2.45, 2.75) is 64.0 Å². The van der Waals surface area contributed by atoms with Crippen molar-refractivity contribution < 1.29 is 18.8 Å². The van der Waals surface area contributed by atoms with E-state index in [4.69, 9.17) is 0 Å². The van der Waals surface area contributed by atoms with E-state index in [1.807, 2.05) is 31.2 Å².